The van der Waals surface area contributed by atoms with E-state index >= 15 is 0 Å². The van der Waals surface area contributed by atoms with Gasteiger partial charge in [0.05, 0.1) is 10.5 Å². The van der Waals surface area contributed by atoms with Gasteiger partial charge in [0.25, 0.3) is 17.5 Å². The second kappa shape index (κ2) is 9.65. The van der Waals surface area contributed by atoms with E-state index in [0.717, 1.165) is 11.1 Å². The lowest BCUT2D eigenvalue weighted by Crippen LogP contribution is -2.37. The average molecular weight is 503 g/mol. The molecule has 0 aromatic heterocycles. The quantitative estimate of drug-likeness (QED) is 0.391. The number of nitrogens with one attached hydrogen (secondary N) is 1. The molecule has 3 aromatic carbocycles. The first kappa shape index (κ1) is 24.4. The van der Waals surface area contributed by atoms with Gasteiger partial charge in [0.2, 0.25) is 0 Å². The number of non-ortho nitro benzene ring substituents is 1. The summed E-state index contributed by atoms with van der Waals surface area (Å²) in [6, 6.07) is 18.0. The Morgan fingerprint density at radius 3 is 2.35 bits per heavy atom. The molecule has 190 valence electrons. The summed E-state index contributed by atoms with van der Waals surface area (Å²) in [5.41, 5.74) is 3.19. The molecule has 1 aliphatic heterocycles. The maximum atomic E-state index is 13.4. The number of hydrogen-bond acceptors (Lipinski definition) is 5. The smallest absolute Gasteiger partial charge is 0.270 e. The number of halogens is 1. The van der Waals surface area contributed by atoms with Gasteiger partial charge in [0.15, 0.2) is 0 Å². The van der Waals surface area contributed by atoms with E-state index in [4.69, 9.17) is 0 Å². The number of hydrogen-bond donors (Lipinski definition) is 1. The van der Waals surface area contributed by atoms with E-state index in [1.165, 1.54) is 24.3 Å². The molecular weight excluding hydrogens is 475 g/mol. The number of carbonyl (C=O) groups is 2. The van der Waals surface area contributed by atoms with E-state index in [1.54, 1.807) is 48.2 Å². The fourth-order valence-corrected chi connectivity index (χ4v) is 5.18. The molecule has 3 atom stereocenters. The second-order valence-corrected chi connectivity index (χ2v) is 9.89. The summed E-state index contributed by atoms with van der Waals surface area (Å²) < 4.78 is 13.4. The van der Waals surface area contributed by atoms with Gasteiger partial charge in [-0.2, -0.15) is 0 Å². The summed E-state index contributed by atoms with van der Waals surface area (Å²) in [5, 5.41) is 14.2. The van der Waals surface area contributed by atoms with Crippen LogP contribution in [-0.2, 0) is 6.42 Å². The molecule has 1 N–H and O–H groups in total. The molecule has 0 spiro atoms. The van der Waals surface area contributed by atoms with Crippen molar-refractivity contribution in [2.24, 2.45) is 11.8 Å². The van der Waals surface area contributed by atoms with Crippen molar-refractivity contribution in [2.45, 2.75) is 12.5 Å². The average Bonchev–Trinajstić information content (AvgIpc) is 3.30. The lowest BCUT2D eigenvalue weighted by Gasteiger charge is -2.21. The van der Waals surface area contributed by atoms with Gasteiger partial charge in [-0.1, -0.05) is 24.3 Å². The number of benzene rings is 3. The number of rotatable bonds is 7. The maximum absolute atomic E-state index is 13.4. The fraction of sp³-hybridized carbons (Fsp3) is 0.286. The first-order valence-corrected chi connectivity index (χ1v) is 12.1. The molecule has 0 radical (unpaired) electrons. The van der Waals surface area contributed by atoms with Crippen molar-refractivity contribution >= 4 is 23.2 Å². The first-order chi connectivity index (χ1) is 17.7. The Morgan fingerprint density at radius 2 is 1.73 bits per heavy atom. The number of nitrogens with zero attached hydrogens (tertiary/aromatic N) is 3. The SMILES string of the molecule is CN(C)c1ccc([N+](=O)[O-])cc1C(=O)NC1[C@H]2CN(C(=O)c3ccc(Cc4cccc(F)c4)cc3)C[C@@H]12. The molecule has 1 aliphatic carbocycles. The number of fused-ring (bicyclic) bond motifs is 1. The third kappa shape index (κ3) is 5.02. The lowest BCUT2D eigenvalue weighted by molar-refractivity contribution is -0.384. The Morgan fingerprint density at radius 1 is 1.03 bits per heavy atom. The topological polar surface area (TPSA) is 95.8 Å². The van der Waals surface area contributed by atoms with Crippen molar-refractivity contribution in [3.8, 4) is 0 Å². The van der Waals surface area contributed by atoms with Crippen LogP contribution >= 0.6 is 0 Å². The Kier molecular flexibility index (Phi) is 6.37. The van der Waals surface area contributed by atoms with Gasteiger partial charge in [-0.3, -0.25) is 19.7 Å². The molecule has 2 aliphatic rings. The fourth-order valence-electron chi connectivity index (χ4n) is 5.18. The van der Waals surface area contributed by atoms with Gasteiger partial charge in [0, 0.05) is 68.4 Å². The number of anilines is 1. The molecular formula is C28H27FN4O4. The van der Waals surface area contributed by atoms with Crippen molar-refractivity contribution < 1.29 is 18.9 Å². The molecule has 3 aromatic rings. The van der Waals surface area contributed by atoms with Crippen molar-refractivity contribution in [2.75, 3.05) is 32.1 Å². The molecule has 1 saturated heterocycles. The summed E-state index contributed by atoms with van der Waals surface area (Å²) in [6.07, 6.45) is 0.585. The summed E-state index contributed by atoms with van der Waals surface area (Å²) in [7, 11) is 3.56. The van der Waals surface area contributed by atoms with Gasteiger partial charge < -0.3 is 15.1 Å². The van der Waals surface area contributed by atoms with Gasteiger partial charge in [-0.25, -0.2) is 4.39 Å². The molecule has 5 rings (SSSR count). The normalized spacial score (nSPS) is 19.8. The van der Waals surface area contributed by atoms with Crippen molar-refractivity contribution in [3.05, 3.63) is 105 Å². The molecule has 0 bridgehead atoms. The zero-order chi connectivity index (χ0) is 26.3. The Labute approximate surface area is 213 Å². The zero-order valence-corrected chi connectivity index (χ0v) is 20.6. The zero-order valence-electron chi connectivity index (χ0n) is 20.6. The van der Waals surface area contributed by atoms with E-state index < -0.39 is 4.92 Å². The van der Waals surface area contributed by atoms with Gasteiger partial charge >= 0.3 is 0 Å². The third-order valence-corrected chi connectivity index (χ3v) is 7.19. The highest BCUT2D eigenvalue weighted by Crippen LogP contribution is 2.46. The number of nitro benzene ring substituents is 1. The monoisotopic (exact) mass is 502 g/mol. The van der Waals surface area contributed by atoms with E-state index in [2.05, 4.69) is 5.32 Å². The van der Waals surface area contributed by atoms with Crippen LogP contribution < -0.4 is 10.2 Å². The molecule has 37 heavy (non-hydrogen) atoms. The highest BCUT2D eigenvalue weighted by molar-refractivity contribution is 6.01. The van der Waals surface area contributed by atoms with Crippen molar-refractivity contribution in [3.63, 3.8) is 0 Å². The van der Waals surface area contributed by atoms with Gasteiger partial charge in [-0.15, -0.1) is 0 Å². The molecule has 2 amide bonds. The first-order valence-electron chi connectivity index (χ1n) is 12.1. The molecule has 1 heterocycles. The standard InChI is InChI=1S/C28H27FN4O4/c1-31(2)25-11-10-21(33(36)37)14-22(25)27(34)30-26-23-15-32(16-24(23)26)28(35)19-8-6-17(7-9-19)12-18-4-3-5-20(29)13-18/h3-11,13-14,23-24,26H,12,15-16H2,1-2H3,(H,30,34)/t23-,24+,26?. The summed E-state index contributed by atoms with van der Waals surface area (Å²) in [5.74, 6) is -0.334. The Bertz CT molecular complexity index is 1360. The number of carbonyl (C=O) groups excluding carboxylic acids is 2. The van der Waals surface area contributed by atoms with Gasteiger partial charge in [0.1, 0.15) is 5.82 Å². The van der Waals surface area contributed by atoms with Crippen LogP contribution in [-0.4, -0.2) is 54.9 Å². The molecule has 9 heteroatoms. The molecule has 1 saturated carbocycles. The van der Waals surface area contributed by atoms with E-state index in [0.29, 0.717) is 30.8 Å². The molecule has 2 fully saturated rings. The number of amides is 2. The second-order valence-electron chi connectivity index (χ2n) is 9.89. The molecule has 8 nitrogen and oxygen atoms in total. The number of nitro groups is 1. The predicted octanol–water partition coefficient (Wildman–Crippen LogP) is 3.89. The van der Waals surface area contributed by atoms with Gasteiger partial charge in [-0.05, 0) is 47.9 Å². The highest BCUT2D eigenvalue weighted by atomic mass is 19.1. The summed E-state index contributed by atoms with van der Waals surface area (Å²) >= 11 is 0. The summed E-state index contributed by atoms with van der Waals surface area (Å²) in [4.78, 5) is 40.2. The maximum Gasteiger partial charge on any atom is 0.270 e. The molecule has 1 unspecified atom stereocenters. The van der Waals surface area contributed by atoms with Crippen LogP contribution in [0.5, 0.6) is 0 Å². The Hall–Kier alpha value is -4.27. The van der Waals surface area contributed by atoms with Crippen LogP contribution in [0.3, 0.4) is 0 Å². The van der Waals surface area contributed by atoms with E-state index in [1.807, 2.05) is 18.2 Å². The van der Waals surface area contributed by atoms with Crippen molar-refractivity contribution in [1.29, 1.82) is 0 Å². The minimum Gasteiger partial charge on any atom is -0.377 e. The minimum atomic E-state index is -0.514. The van der Waals surface area contributed by atoms with Crippen LogP contribution in [0.2, 0.25) is 0 Å². The highest BCUT2D eigenvalue weighted by Gasteiger charge is 2.57. The van der Waals surface area contributed by atoms with Crippen LogP contribution in [0.4, 0.5) is 15.8 Å². The largest absolute Gasteiger partial charge is 0.377 e. The van der Waals surface area contributed by atoms with Crippen LogP contribution in [0.1, 0.15) is 31.8 Å². The van der Waals surface area contributed by atoms with Crippen LogP contribution in [0.25, 0.3) is 0 Å². The summed E-state index contributed by atoms with van der Waals surface area (Å²) in [6.45, 7) is 1.10. The van der Waals surface area contributed by atoms with Crippen LogP contribution in [0.15, 0.2) is 66.7 Å². The number of piperidine rings is 1. The number of likely N-dealkylation sites (tertiary alicyclic amines) is 1. The Balaban J connectivity index is 1.18. The van der Waals surface area contributed by atoms with E-state index in [-0.39, 0.29) is 46.8 Å². The van der Waals surface area contributed by atoms with E-state index in [9.17, 15) is 24.1 Å². The minimum absolute atomic E-state index is 0.0526. The predicted molar refractivity (Wildman–Crippen MR) is 137 cm³/mol. The third-order valence-electron chi connectivity index (χ3n) is 7.19. The lowest BCUT2D eigenvalue weighted by atomic mass is 10.0. The van der Waals surface area contributed by atoms with Crippen LogP contribution in [0, 0.1) is 27.8 Å². The van der Waals surface area contributed by atoms with Crippen molar-refractivity contribution in [1.82, 2.24) is 10.2 Å².